The second-order valence-electron chi connectivity index (χ2n) is 4.76. The Kier molecular flexibility index (Phi) is 4.47. The van der Waals surface area contributed by atoms with Gasteiger partial charge in [0.1, 0.15) is 5.82 Å². The lowest BCUT2D eigenvalue weighted by molar-refractivity contribution is 0.576. The predicted molar refractivity (Wildman–Crippen MR) is 77.1 cm³/mol. The minimum Gasteiger partial charge on any atom is -0.313 e. The number of hydrogen-bond acceptors (Lipinski definition) is 3. The van der Waals surface area contributed by atoms with Crippen molar-refractivity contribution in [2.45, 2.75) is 31.1 Å². The minimum absolute atomic E-state index is 0.347. The average Bonchev–Trinajstić information content (AvgIpc) is 3.13. The standard InChI is InChI=1S/C12H16BrFN2O2S/c1-8(7-15-10-3-4-10)19(17,18)16-12-5-2-9(14)6-11(12)13/h2,5-6,8,10,15-16H,3-4,7H2,1H3. The zero-order valence-electron chi connectivity index (χ0n) is 10.5. The summed E-state index contributed by atoms with van der Waals surface area (Å²) in [5, 5.41) is 2.63. The Bertz CT molecular complexity index is 561. The van der Waals surface area contributed by atoms with Crippen LogP contribution in [0, 0.1) is 5.82 Å². The molecule has 0 radical (unpaired) electrons. The van der Waals surface area contributed by atoms with Crippen LogP contribution < -0.4 is 10.0 Å². The van der Waals surface area contributed by atoms with Crippen LogP contribution >= 0.6 is 15.9 Å². The Morgan fingerprint density at radius 2 is 2.16 bits per heavy atom. The van der Waals surface area contributed by atoms with Gasteiger partial charge in [-0.05, 0) is 53.9 Å². The van der Waals surface area contributed by atoms with Crippen LogP contribution in [0.5, 0.6) is 0 Å². The van der Waals surface area contributed by atoms with Crippen molar-refractivity contribution in [3.63, 3.8) is 0 Å². The Hall–Kier alpha value is -0.660. The van der Waals surface area contributed by atoms with Crippen LogP contribution in [-0.2, 0) is 10.0 Å². The van der Waals surface area contributed by atoms with Gasteiger partial charge in [-0.25, -0.2) is 12.8 Å². The number of nitrogens with one attached hydrogen (secondary N) is 2. The van der Waals surface area contributed by atoms with Crippen LogP contribution in [0.25, 0.3) is 0 Å². The van der Waals surface area contributed by atoms with Crippen molar-refractivity contribution in [2.75, 3.05) is 11.3 Å². The first-order chi connectivity index (χ1) is 8.88. The smallest absolute Gasteiger partial charge is 0.236 e. The van der Waals surface area contributed by atoms with E-state index in [0.29, 0.717) is 22.7 Å². The maximum Gasteiger partial charge on any atom is 0.236 e. The third-order valence-corrected chi connectivity index (χ3v) is 5.37. The molecule has 1 aromatic rings. The molecule has 106 valence electrons. The van der Waals surface area contributed by atoms with Crippen LogP contribution in [-0.4, -0.2) is 26.3 Å². The highest BCUT2D eigenvalue weighted by Crippen LogP contribution is 2.25. The van der Waals surface area contributed by atoms with E-state index in [1.807, 2.05) is 0 Å². The van der Waals surface area contributed by atoms with E-state index in [9.17, 15) is 12.8 Å². The van der Waals surface area contributed by atoms with Gasteiger partial charge in [-0.15, -0.1) is 0 Å². The molecule has 1 aliphatic carbocycles. The lowest BCUT2D eigenvalue weighted by Crippen LogP contribution is -2.35. The molecule has 0 bridgehead atoms. The fourth-order valence-electron chi connectivity index (χ4n) is 1.56. The Morgan fingerprint density at radius 1 is 1.47 bits per heavy atom. The molecule has 0 amide bonds. The van der Waals surface area contributed by atoms with Crippen LogP contribution in [0.4, 0.5) is 10.1 Å². The lowest BCUT2D eigenvalue weighted by atomic mass is 10.3. The van der Waals surface area contributed by atoms with E-state index in [-0.39, 0.29) is 0 Å². The number of benzene rings is 1. The second-order valence-corrected chi connectivity index (χ2v) is 7.72. The fourth-order valence-corrected chi connectivity index (χ4v) is 3.14. The molecular weight excluding hydrogens is 335 g/mol. The van der Waals surface area contributed by atoms with Gasteiger partial charge in [0.2, 0.25) is 10.0 Å². The monoisotopic (exact) mass is 350 g/mol. The molecule has 0 heterocycles. The zero-order valence-corrected chi connectivity index (χ0v) is 12.9. The molecule has 1 aliphatic rings. The summed E-state index contributed by atoms with van der Waals surface area (Å²) in [7, 11) is -3.48. The van der Waals surface area contributed by atoms with Gasteiger partial charge >= 0.3 is 0 Å². The first-order valence-corrected chi connectivity index (χ1v) is 8.42. The molecule has 19 heavy (non-hydrogen) atoms. The number of hydrogen-bond donors (Lipinski definition) is 2. The molecule has 0 aromatic heterocycles. The minimum atomic E-state index is -3.48. The number of halogens is 2. The highest BCUT2D eigenvalue weighted by molar-refractivity contribution is 9.10. The summed E-state index contributed by atoms with van der Waals surface area (Å²) in [5.74, 6) is -0.418. The third-order valence-electron chi connectivity index (χ3n) is 2.98. The average molecular weight is 351 g/mol. The third kappa shape index (κ3) is 4.15. The van der Waals surface area contributed by atoms with Crippen molar-refractivity contribution in [2.24, 2.45) is 0 Å². The highest BCUT2D eigenvalue weighted by Gasteiger charge is 2.26. The van der Waals surface area contributed by atoms with E-state index in [4.69, 9.17) is 0 Å². The van der Waals surface area contributed by atoms with E-state index in [0.717, 1.165) is 12.8 Å². The molecule has 4 nitrogen and oxygen atoms in total. The molecule has 0 aliphatic heterocycles. The summed E-state index contributed by atoms with van der Waals surface area (Å²) >= 11 is 3.14. The van der Waals surface area contributed by atoms with Gasteiger partial charge in [-0.3, -0.25) is 4.72 Å². The van der Waals surface area contributed by atoms with Crippen LogP contribution in [0.1, 0.15) is 19.8 Å². The molecule has 0 saturated heterocycles. The van der Waals surface area contributed by atoms with Gasteiger partial charge in [0, 0.05) is 17.1 Å². The number of sulfonamides is 1. The number of rotatable bonds is 6. The van der Waals surface area contributed by atoms with Crippen molar-refractivity contribution in [3.05, 3.63) is 28.5 Å². The fraction of sp³-hybridized carbons (Fsp3) is 0.500. The molecule has 1 aromatic carbocycles. The molecule has 2 N–H and O–H groups in total. The van der Waals surface area contributed by atoms with Crippen LogP contribution in [0.3, 0.4) is 0 Å². The molecule has 1 atom stereocenters. The molecule has 7 heteroatoms. The largest absolute Gasteiger partial charge is 0.313 e. The van der Waals surface area contributed by atoms with E-state index >= 15 is 0 Å². The molecule has 0 spiro atoms. The highest BCUT2D eigenvalue weighted by atomic mass is 79.9. The van der Waals surface area contributed by atoms with Gasteiger partial charge in [0.05, 0.1) is 10.9 Å². The summed E-state index contributed by atoms with van der Waals surface area (Å²) < 4.78 is 40.0. The molecule has 1 fully saturated rings. The first-order valence-electron chi connectivity index (χ1n) is 6.08. The Labute approximate surface area is 121 Å². The SMILES string of the molecule is CC(CNC1CC1)S(=O)(=O)Nc1ccc(F)cc1Br. The molecule has 2 rings (SSSR count). The Balaban J connectivity index is 2.02. The van der Waals surface area contributed by atoms with Crippen molar-refractivity contribution in [1.82, 2.24) is 5.32 Å². The van der Waals surface area contributed by atoms with Crippen molar-refractivity contribution in [3.8, 4) is 0 Å². The number of anilines is 1. The predicted octanol–water partition coefficient (Wildman–Crippen LogP) is 2.47. The maximum atomic E-state index is 12.9. The van der Waals surface area contributed by atoms with Crippen molar-refractivity contribution < 1.29 is 12.8 Å². The summed E-state index contributed by atoms with van der Waals surface area (Å²) in [6, 6.07) is 4.31. The Morgan fingerprint density at radius 3 is 2.74 bits per heavy atom. The topological polar surface area (TPSA) is 58.2 Å². The quantitative estimate of drug-likeness (QED) is 0.828. The van der Waals surface area contributed by atoms with E-state index in [1.54, 1.807) is 6.92 Å². The molecule has 1 saturated carbocycles. The summed E-state index contributed by atoms with van der Waals surface area (Å²) in [6.45, 7) is 2.06. The van der Waals surface area contributed by atoms with Gasteiger partial charge in [0.15, 0.2) is 0 Å². The van der Waals surface area contributed by atoms with E-state index < -0.39 is 21.1 Å². The van der Waals surface area contributed by atoms with E-state index in [2.05, 4.69) is 26.0 Å². The molecule has 1 unspecified atom stereocenters. The van der Waals surface area contributed by atoms with Crippen molar-refractivity contribution >= 4 is 31.6 Å². The summed E-state index contributed by atoms with van der Waals surface area (Å²) in [5.41, 5.74) is 0.347. The lowest BCUT2D eigenvalue weighted by Gasteiger charge is -2.16. The molecular formula is C12H16BrFN2O2S. The maximum absolute atomic E-state index is 12.9. The summed E-state index contributed by atoms with van der Waals surface area (Å²) in [6.07, 6.45) is 2.23. The second kappa shape index (κ2) is 5.76. The normalized spacial score (nSPS) is 17.2. The van der Waals surface area contributed by atoms with Crippen molar-refractivity contribution in [1.29, 1.82) is 0 Å². The zero-order chi connectivity index (χ0) is 14.0. The van der Waals surface area contributed by atoms with Gasteiger partial charge in [-0.2, -0.15) is 0 Å². The van der Waals surface area contributed by atoms with Gasteiger partial charge < -0.3 is 5.32 Å². The van der Waals surface area contributed by atoms with Gasteiger partial charge in [0.25, 0.3) is 0 Å². The first kappa shape index (κ1) is 14.7. The van der Waals surface area contributed by atoms with Crippen LogP contribution in [0.2, 0.25) is 0 Å². The van der Waals surface area contributed by atoms with Gasteiger partial charge in [-0.1, -0.05) is 0 Å². The van der Waals surface area contributed by atoms with Crippen LogP contribution in [0.15, 0.2) is 22.7 Å². The van der Waals surface area contributed by atoms with E-state index in [1.165, 1.54) is 18.2 Å². The summed E-state index contributed by atoms with van der Waals surface area (Å²) in [4.78, 5) is 0.